The smallest absolute Gasteiger partial charge is 0.326 e. The molecular formula is C21H29NO11. The number of nitriles is 1. The van der Waals surface area contributed by atoms with Gasteiger partial charge in [-0.15, -0.1) is 0 Å². The van der Waals surface area contributed by atoms with Gasteiger partial charge in [-0.05, 0) is 20.8 Å². The molecule has 1 saturated heterocycles. The Morgan fingerprint density at radius 2 is 1.33 bits per heavy atom. The molecule has 0 aromatic rings. The minimum atomic E-state index is -1.63. The monoisotopic (exact) mass is 471 g/mol. The summed E-state index contributed by atoms with van der Waals surface area (Å²) in [5, 5.41) is 9.73. The van der Waals surface area contributed by atoms with E-state index in [1.54, 1.807) is 26.8 Å². The van der Waals surface area contributed by atoms with Crippen LogP contribution in [0.4, 0.5) is 0 Å². The van der Waals surface area contributed by atoms with E-state index in [2.05, 4.69) is 0 Å². The summed E-state index contributed by atoms with van der Waals surface area (Å²) in [7, 11) is 0. The van der Waals surface area contributed by atoms with Crippen LogP contribution in [0.2, 0.25) is 0 Å². The Bertz CT molecular complexity index is 810. The lowest BCUT2D eigenvalue weighted by Crippen LogP contribution is -2.64. The van der Waals surface area contributed by atoms with E-state index in [4.69, 9.17) is 28.4 Å². The van der Waals surface area contributed by atoms with E-state index in [1.165, 1.54) is 0 Å². The zero-order valence-electron chi connectivity index (χ0n) is 19.6. The van der Waals surface area contributed by atoms with Crippen LogP contribution in [0.5, 0.6) is 0 Å². The zero-order valence-corrected chi connectivity index (χ0v) is 19.6. The largest absolute Gasteiger partial charge is 0.463 e. The summed E-state index contributed by atoms with van der Waals surface area (Å²) < 4.78 is 31.9. The summed E-state index contributed by atoms with van der Waals surface area (Å²) >= 11 is 0. The summed E-state index contributed by atoms with van der Waals surface area (Å²) in [5.74, 6) is -5.77. The molecule has 0 bridgehead atoms. The number of esters is 5. The molecule has 12 nitrogen and oxygen atoms in total. The molecule has 1 rings (SSSR count). The van der Waals surface area contributed by atoms with Crippen molar-refractivity contribution in [2.24, 2.45) is 5.92 Å². The molecule has 12 heteroatoms. The van der Waals surface area contributed by atoms with E-state index >= 15 is 0 Å². The minimum absolute atomic E-state index is 0.471. The van der Waals surface area contributed by atoms with Gasteiger partial charge in [0.15, 0.2) is 24.2 Å². The summed E-state index contributed by atoms with van der Waals surface area (Å²) in [4.78, 5) is 59.5. The predicted octanol–water partition coefficient (Wildman–Crippen LogP) is 0.593. The molecule has 0 spiro atoms. The van der Waals surface area contributed by atoms with Gasteiger partial charge in [-0.2, -0.15) is 5.26 Å². The Morgan fingerprint density at radius 3 is 1.76 bits per heavy atom. The van der Waals surface area contributed by atoms with Crippen LogP contribution in [-0.4, -0.2) is 72.6 Å². The van der Waals surface area contributed by atoms with Crippen molar-refractivity contribution in [2.45, 2.75) is 84.6 Å². The van der Waals surface area contributed by atoms with E-state index in [0.29, 0.717) is 0 Å². The number of carbonyl (C=O) groups excluding carboxylic acids is 5. The third-order valence-corrected chi connectivity index (χ3v) is 4.16. The maximum atomic E-state index is 12.7. The van der Waals surface area contributed by atoms with Crippen LogP contribution in [0.25, 0.3) is 0 Å². The van der Waals surface area contributed by atoms with Gasteiger partial charge in [0.05, 0.1) is 6.07 Å². The maximum absolute atomic E-state index is 12.7. The summed E-state index contributed by atoms with van der Waals surface area (Å²) in [6.07, 6.45) is -7.17. The standard InChI is InChI=1S/C21H29NO11/c1-10(23)28-9-15-17(29-11(2)24)19(31-13(4)26)18(30-12(3)25)16(32-15)14(8-22)20(27)33-21(5,6)7/h14-19H,9H2,1-7H3/t14-,15-,16+,17-,18+,19+/m1/s1. The minimum Gasteiger partial charge on any atom is -0.463 e. The van der Waals surface area contributed by atoms with Crippen molar-refractivity contribution in [1.82, 2.24) is 0 Å². The molecule has 0 saturated carbocycles. The number of hydrogen-bond donors (Lipinski definition) is 0. The molecule has 0 aromatic heterocycles. The Hall–Kier alpha value is -3.20. The van der Waals surface area contributed by atoms with Gasteiger partial charge < -0.3 is 28.4 Å². The normalized spacial score (nSPS) is 25.6. The Labute approximate surface area is 191 Å². The van der Waals surface area contributed by atoms with Gasteiger partial charge in [-0.3, -0.25) is 24.0 Å². The highest BCUT2D eigenvalue weighted by molar-refractivity contribution is 5.77. The van der Waals surface area contributed by atoms with Crippen molar-refractivity contribution in [3.8, 4) is 6.07 Å². The van der Waals surface area contributed by atoms with Crippen LogP contribution in [0, 0.1) is 17.2 Å². The molecule has 0 N–H and O–H groups in total. The number of nitrogens with zero attached hydrogens (tertiary/aromatic N) is 1. The number of carbonyl (C=O) groups is 5. The van der Waals surface area contributed by atoms with Crippen molar-refractivity contribution >= 4 is 29.8 Å². The molecule has 0 unspecified atom stereocenters. The van der Waals surface area contributed by atoms with Gasteiger partial charge in [-0.25, -0.2) is 0 Å². The lowest BCUT2D eigenvalue weighted by atomic mass is 9.87. The third kappa shape index (κ3) is 8.69. The van der Waals surface area contributed by atoms with Crippen LogP contribution in [0.15, 0.2) is 0 Å². The molecule has 0 radical (unpaired) electrons. The molecule has 1 aliphatic heterocycles. The first-order valence-corrected chi connectivity index (χ1v) is 10.1. The fraction of sp³-hybridized carbons (Fsp3) is 0.714. The molecule has 1 heterocycles. The molecule has 1 fully saturated rings. The first-order chi connectivity index (χ1) is 15.2. The second-order valence-electron chi connectivity index (χ2n) is 8.30. The van der Waals surface area contributed by atoms with Crippen LogP contribution >= 0.6 is 0 Å². The van der Waals surface area contributed by atoms with Gasteiger partial charge in [0.25, 0.3) is 0 Å². The first-order valence-electron chi connectivity index (χ1n) is 10.1. The molecular weight excluding hydrogens is 442 g/mol. The molecule has 1 aliphatic rings. The van der Waals surface area contributed by atoms with E-state index < -0.39 is 78.5 Å². The predicted molar refractivity (Wildman–Crippen MR) is 107 cm³/mol. The average Bonchev–Trinajstić information content (AvgIpc) is 2.62. The van der Waals surface area contributed by atoms with Gasteiger partial charge >= 0.3 is 29.8 Å². The number of ether oxygens (including phenoxy) is 6. The highest BCUT2D eigenvalue weighted by Gasteiger charge is 2.56. The van der Waals surface area contributed by atoms with Crippen LogP contribution in [0.3, 0.4) is 0 Å². The second-order valence-corrected chi connectivity index (χ2v) is 8.30. The van der Waals surface area contributed by atoms with E-state index in [1.807, 2.05) is 0 Å². The van der Waals surface area contributed by atoms with Gasteiger partial charge in [0, 0.05) is 27.7 Å². The van der Waals surface area contributed by atoms with Crippen LogP contribution in [-0.2, 0) is 52.4 Å². The molecule has 33 heavy (non-hydrogen) atoms. The third-order valence-electron chi connectivity index (χ3n) is 4.16. The Balaban J connectivity index is 3.54. The Kier molecular flexibility index (Phi) is 9.79. The fourth-order valence-corrected chi connectivity index (χ4v) is 3.16. The van der Waals surface area contributed by atoms with Crippen molar-refractivity contribution in [1.29, 1.82) is 5.26 Å². The highest BCUT2D eigenvalue weighted by Crippen LogP contribution is 2.33. The van der Waals surface area contributed by atoms with Crippen LogP contribution < -0.4 is 0 Å². The quantitative estimate of drug-likeness (QED) is 0.375. The lowest BCUT2D eigenvalue weighted by Gasteiger charge is -2.45. The molecule has 0 aromatic carbocycles. The van der Waals surface area contributed by atoms with E-state index in [-0.39, 0.29) is 0 Å². The molecule has 0 amide bonds. The topological polar surface area (TPSA) is 165 Å². The van der Waals surface area contributed by atoms with Crippen molar-refractivity contribution in [3.63, 3.8) is 0 Å². The zero-order chi connectivity index (χ0) is 25.5. The lowest BCUT2D eigenvalue weighted by molar-refractivity contribution is -0.259. The van der Waals surface area contributed by atoms with Crippen LogP contribution in [0.1, 0.15) is 48.5 Å². The van der Waals surface area contributed by atoms with Gasteiger partial charge in [0.2, 0.25) is 0 Å². The van der Waals surface area contributed by atoms with Gasteiger partial charge in [0.1, 0.15) is 24.4 Å². The maximum Gasteiger partial charge on any atom is 0.326 e. The van der Waals surface area contributed by atoms with Crippen molar-refractivity contribution in [3.05, 3.63) is 0 Å². The molecule has 184 valence electrons. The first kappa shape index (κ1) is 27.8. The second kappa shape index (κ2) is 11.6. The van der Waals surface area contributed by atoms with E-state index in [9.17, 15) is 29.2 Å². The van der Waals surface area contributed by atoms with Crippen molar-refractivity contribution < 1.29 is 52.4 Å². The summed E-state index contributed by atoms with van der Waals surface area (Å²) in [5.41, 5.74) is -0.954. The molecule has 6 atom stereocenters. The molecule has 0 aliphatic carbocycles. The number of rotatable bonds is 7. The number of hydrogen-bond acceptors (Lipinski definition) is 12. The summed E-state index contributed by atoms with van der Waals surface area (Å²) in [6, 6.07) is 1.77. The summed E-state index contributed by atoms with van der Waals surface area (Å²) in [6.45, 7) is 8.64. The highest BCUT2D eigenvalue weighted by atomic mass is 16.7. The average molecular weight is 471 g/mol. The van der Waals surface area contributed by atoms with Gasteiger partial charge in [-0.1, -0.05) is 0 Å². The van der Waals surface area contributed by atoms with E-state index in [0.717, 1.165) is 27.7 Å². The Morgan fingerprint density at radius 1 is 0.848 bits per heavy atom. The fourth-order valence-electron chi connectivity index (χ4n) is 3.16. The van der Waals surface area contributed by atoms with Crippen molar-refractivity contribution in [2.75, 3.05) is 6.61 Å². The SMILES string of the molecule is CC(=O)OC[C@H]1O[C@@H]([C@@H](C#N)C(=O)OC(C)(C)C)[C@H](OC(C)=O)[C@@H](OC(C)=O)[C@@H]1OC(C)=O.